The Morgan fingerprint density at radius 3 is 2.18 bits per heavy atom. The highest BCUT2D eigenvalue weighted by Gasteiger charge is 2.35. The number of oxazole rings is 1. The van der Waals surface area contributed by atoms with E-state index in [1.54, 1.807) is 0 Å². The lowest BCUT2D eigenvalue weighted by Gasteiger charge is -1.96. The number of thiazole rings is 1. The fourth-order valence-corrected chi connectivity index (χ4v) is 3.80. The van der Waals surface area contributed by atoms with Gasteiger partial charge in [-0.3, -0.25) is 9.59 Å². The Bertz CT molecular complexity index is 1250. The first-order valence-electron chi connectivity index (χ1n) is 8.14. The monoisotopic (exact) mass is 394 g/mol. The molecule has 136 valence electrons. The van der Waals surface area contributed by atoms with Crippen LogP contribution < -0.4 is 0 Å². The summed E-state index contributed by atoms with van der Waals surface area (Å²) in [5.74, 6) is -3.26. The maximum absolute atomic E-state index is 13.4. The van der Waals surface area contributed by atoms with Crippen molar-refractivity contribution < 1.29 is 22.8 Å². The lowest BCUT2D eigenvalue weighted by atomic mass is 10.1. The van der Waals surface area contributed by atoms with Crippen molar-refractivity contribution in [3.8, 4) is 11.5 Å². The molecule has 1 aliphatic rings. The first-order valence-corrected chi connectivity index (χ1v) is 8.96. The Hall–Kier alpha value is -3.52. The van der Waals surface area contributed by atoms with E-state index in [4.69, 9.17) is 4.42 Å². The second-order valence-electron chi connectivity index (χ2n) is 6.08. The molecule has 0 saturated carbocycles. The third-order valence-electron chi connectivity index (χ3n) is 4.32. The number of rotatable bonds is 2. The van der Waals surface area contributed by atoms with Crippen molar-refractivity contribution in [3.05, 3.63) is 75.8 Å². The first-order chi connectivity index (χ1) is 13.5. The molecule has 0 radical (unpaired) electrons. The van der Waals surface area contributed by atoms with E-state index in [0.29, 0.717) is 15.7 Å². The summed E-state index contributed by atoms with van der Waals surface area (Å²) in [6.45, 7) is 0. The molecule has 5 rings (SSSR count). The van der Waals surface area contributed by atoms with Crippen LogP contribution >= 0.6 is 11.3 Å². The van der Waals surface area contributed by atoms with Crippen molar-refractivity contribution in [2.24, 2.45) is 0 Å². The number of nitrogens with zero attached hydrogens (tertiary/aromatic N) is 2. The smallest absolute Gasteiger partial charge is 0.259 e. The summed E-state index contributed by atoms with van der Waals surface area (Å²) < 4.78 is 32.5. The molecule has 0 atom stereocenters. The molecule has 28 heavy (non-hydrogen) atoms. The molecule has 0 N–H and O–H groups in total. The highest BCUT2D eigenvalue weighted by molar-refractivity contribution is 7.18. The summed E-state index contributed by atoms with van der Waals surface area (Å²) in [4.78, 5) is 34.0. The third-order valence-corrected chi connectivity index (χ3v) is 5.20. The number of hydrogen-bond acceptors (Lipinski definition) is 6. The van der Waals surface area contributed by atoms with Crippen LogP contribution in [0.2, 0.25) is 0 Å². The zero-order chi connectivity index (χ0) is 19.4. The van der Waals surface area contributed by atoms with Crippen LogP contribution in [0.1, 0.15) is 25.7 Å². The minimum atomic E-state index is -1.18. The number of benzene rings is 2. The normalized spacial score (nSPS) is 13.4. The summed E-state index contributed by atoms with van der Waals surface area (Å²) in [6.07, 6.45) is 1.30. The molecular weight excluding hydrogens is 386 g/mol. The van der Waals surface area contributed by atoms with Gasteiger partial charge < -0.3 is 4.42 Å². The van der Waals surface area contributed by atoms with Crippen LogP contribution in [0.4, 0.5) is 8.78 Å². The van der Waals surface area contributed by atoms with Gasteiger partial charge in [0.05, 0.1) is 5.57 Å². The van der Waals surface area contributed by atoms with Gasteiger partial charge in [0.25, 0.3) is 5.71 Å². The molecule has 0 fully saturated rings. The van der Waals surface area contributed by atoms with Gasteiger partial charge in [0.1, 0.15) is 5.01 Å². The van der Waals surface area contributed by atoms with Crippen LogP contribution in [-0.2, 0) is 0 Å². The van der Waals surface area contributed by atoms with Gasteiger partial charge in [-0.15, -0.1) is 0 Å². The van der Waals surface area contributed by atoms with E-state index in [1.165, 1.54) is 6.08 Å². The zero-order valence-corrected chi connectivity index (χ0v) is 14.7. The van der Waals surface area contributed by atoms with E-state index in [0.717, 1.165) is 29.0 Å². The van der Waals surface area contributed by atoms with Crippen LogP contribution in [0.5, 0.6) is 0 Å². The molecule has 0 saturated heterocycles. The van der Waals surface area contributed by atoms with E-state index >= 15 is 0 Å². The Morgan fingerprint density at radius 2 is 1.57 bits per heavy atom. The molecule has 0 amide bonds. The Kier molecular flexibility index (Phi) is 3.56. The number of halogens is 2. The second kappa shape index (κ2) is 6.00. The van der Waals surface area contributed by atoms with Gasteiger partial charge in [0, 0.05) is 16.7 Å². The molecule has 2 aromatic carbocycles. The highest BCUT2D eigenvalue weighted by Crippen LogP contribution is 2.32. The Morgan fingerprint density at radius 1 is 0.929 bits per heavy atom. The van der Waals surface area contributed by atoms with Crippen LogP contribution in [0.25, 0.3) is 28.1 Å². The number of fused-ring (bicyclic) bond motifs is 2. The first kappa shape index (κ1) is 16.6. The SMILES string of the molecule is O=C1C(=Cc2nc3oc(-c4ccccc4)nc3s2)C(=O)c2cc(F)c(F)cc21. The van der Waals surface area contributed by atoms with Gasteiger partial charge in [-0.25, -0.2) is 8.78 Å². The lowest BCUT2D eigenvalue weighted by Crippen LogP contribution is -2.00. The molecule has 1 aliphatic carbocycles. The molecule has 8 heteroatoms. The summed E-state index contributed by atoms with van der Waals surface area (Å²) in [7, 11) is 0. The summed E-state index contributed by atoms with van der Waals surface area (Å²) in [6, 6.07) is 10.8. The van der Waals surface area contributed by atoms with Crippen LogP contribution in [0.3, 0.4) is 0 Å². The molecule has 0 unspecified atom stereocenters. The van der Waals surface area contributed by atoms with Gasteiger partial charge in [-0.1, -0.05) is 29.5 Å². The van der Waals surface area contributed by atoms with Crippen molar-refractivity contribution in [3.63, 3.8) is 0 Å². The number of aromatic nitrogens is 2. The van der Waals surface area contributed by atoms with Gasteiger partial charge in [-0.05, 0) is 30.3 Å². The number of carbonyl (C=O) groups excluding carboxylic acids is 2. The minimum absolute atomic E-state index is 0.153. The Balaban J connectivity index is 1.53. The fourth-order valence-electron chi connectivity index (χ4n) is 2.99. The second-order valence-corrected chi connectivity index (χ2v) is 7.08. The van der Waals surface area contributed by atoms with Crippen molar-refractivity contribution >= 4 is 39.5 Å². The fraction of sp³-hybridized carbons (Fsp3) is 0. The predicted molar refractivity (Wildman–Crippen MR) is 98.1 cm³/mol. The van der Waals surface area contributed by atoms with E-state index in [-0.39, 0.29) is 22.4 Å². The molecule has 0 aliphatic heterocycles. The maximum atomic E-state index is 13.4. The van der Waals surface area contributed by atoms with Crippen LogP contribution in [-0.4, -0.2) is 21.5 Å². The number of Topliss-reactive ketones (excluding diaryl/α,β-unsaturated/α-hetero) is 2. The van der Waals surface area contributed by atoms with Crippen molar-refractivity contribution in [2.75, 3.05) is 0 Å². The minimum Gasteiger partial charge on any atom is -0.417 e. The van der Waals surface area contributed by atoms with Gasteiger partial charge >= 0.3 is 0 Å². The van der Waals surface area contributed by atoms with E-state index < -0.39 is 23.2 Å². The molecule has 2 heterocycles. The van der Waals surface area contributed by atoms with Crippen molar-refractivity contribution in [2.45, 2.75) is 0 Å². The molecule has 2 aromatic heterocycles. The average Bonchev–Trinajstić information content (AvgIpc) is 3.31. The van der Waals surface area contributed by atoms with Gasteiger partial charge in [-0.2, -0.15) is 9.97 Å². The van der Waals surface area contributed by atoms with E-state index in [9.17, 15) is 18.4 Å². The largest absolute Gasteiger partial charge is 0.417 e. The lowest BCUT2D eigenvalue weighted by molar-refractivity contribution is 0.0990. The zero-order valence-electron chi connectivity index (χ0n) is 13.9. The number of allylic oxidation sites excluding steroid dienone is 1. The van der Waals surface area contributed by atoms with Crippen LogP contribution in [0, 0.1) is 11.6 Å². The topological polar surface area (TPSA) is 73.1 Å². The van der Waals surface area contributed by atoms with Gasteiger partial charge in [0.2, 0.25) is 5.89 Å². The summed E-state index contributed by atoms with van der Waals surface area (Å²) in [5, 5.41) is 0.339. The summed E-state index contributed by atoms with van der Waals surface area (Å²) >= 11 is 1.14. The average molecular weight is 394 g/mol. The third kappa shape index (κ3) is 2.49. The number of hydrogen-bond donors (Lipinski definition) is 0. The summed E-state index contributed by atoms with van der Waals surface area (Å²) in [5.41, 5.74) is 0.580. The molecule has 0 spiro atoms. The molecule has 4 aromatic rings. The standard InChI is InChI=1S/C20H8F2N2O3S/c21-13-6-10-11(7-14(13)22)17(26)12(16(10)25)8-15-23-19-20(28-15)24-18(27-19)9-4-2-1-3-5-9/h1-8H. The molecular formula is C20H8F2N2O3S. The maximum Gasteiger partial charge on any atom is 0.259 e. The van der Waals surface area contributed by atoms with E-state index in [1.807, 2.05) is 30.3 Å². The quantitative estimate of drug-likeness (QED) is 0.364. The van der Waals surface area contributed by atoms with Crippen LogP contribution in [0.15, 0.2) is 52.5 Å². The predicted octanol–water partition coefficient (Wildman–Crippen LogP) is 4.69. The van der Waals surface area contributed by atoms with Crippen molar-refractivity contribution in [1.29, 1.82) is 0 Å². The van der Waals surface area contributed by atoms with Gasteiger partial charge in [0.15, 0.2) is 28.0 Å². The molecule has 5 nitrogen and oxygen atoms in total. The highest BCUT2D eigenvalue weighted by atomic mass is 32.1. The molecule has 0 bridgehead atoms. The number of carbonyl (C=O) groups is 2. The van der Waals surface area contributed by atoms with Crippen molar-refractivity contribution in [1.82, 2.24) is 9.97 Å². The van der Waals surface area contributed by atoms with E-state index in [2.05, 4.69) is 9.97 Å². The Labute approximate surface area is 160 Å². The number of ketones is 2.